The number of amides is 1. The van der Waals surface area contributed by atoms with Crippen LogP contribution in [0.25, 0.3) is 0 Å². The lowest BCUT2D eigenvalue weighted by Gasteiger charge is -2.09. The fourth-order valence-corrected chi connectivity index (χ4v) is 1.65. The summed E-state index contributed by atoms with van der Waals surface area (Å²) < 4.78 is 0. The normalized spacial score (nSPS) is 23.2. The summed E-state index contributed by atoms with van der Waals surface area (Å²) in [5.74, 6) is -1.68. The molecule has 0 radical (unpaired) electrons. The molecule has 0 aromatic heterocycles. The van der Waals surface area contributed by atoms with Crippen LogP contribution >= 0.6 is 0 Å². The van der Waals surface area contributed by atoms with Crippen molar-refractivity contribution in [1.82, 2.24) is 10.2 Å². The van der Waals surface area contributed by atoms with Crippen molar-refractivity contribution in [3.8, 4) is 0 Å². The van der Waals surface area contributed by atoms with Gasteiger partial charge in [-0.05, 0) is 39.9 Å². The molecule has 0 aromatic carbocycles. The predicted octanol–water partition coefficient (Wildman–Crippen LogP) is 0.165. The third-order valence-corrected chi connectivity index (χ3v) is 2.78. The molecule has 0 heterocycles. The molecular formula is C11H20N2O3. The highest BCUT2D eigenvalue weighted by Gasteiger charge is 2.48. The molecule has 1 amide bonds. The Labute approximate surface area is 95.8 Å². The first kappa shape index (κ1) is 13.0. The topological polar surface area (TPSA) is 69.6 Å². The van der Waals surface area contributed by atoms with E-state index in [4.69, 9.17) is 5.11 Å². The van der Waals surface area contributed by atoms with Gasteiger partial charge in [0.25, 0.3) is 0 Å². The van der Waals surface area contributed by atoms with Crippen LogP contribution in [0.5, 0.6) is 0 Å². The zero-order chi connectivity index (χ0) is 12.1. The lowest BCUT2D eigenvalue weighted by atomic mass is 10.2. The second-order valence-electron chi connectivity index (χ2n) is 4.59. The monoisotopic (exact) mass is 228 g/mol. The number of nitrogens with zero attached hydrogens (tertiary/aromatic N) is 1. The minimum Gasteiger partial charge on any atom is -0.481 e. The highest BCUT2D eigenvalue weighted by atomic mass is 16.4. The molecule has 1 fully saturated rings. The number of rotatable bonds is 7. The third-order valence-electron chi connectivity index (χ3n) is 2.78. The van der Waals surface area contributed by atoms with E-state index in [1.165, 1.54) is 0 Å². The molecule has 0 aromatic rings. The first-order chi connectivity index (χ1) is 7.52. The van der Waals surface area contributed by atoms with E-state index >= 15 is 0 Å². The van der Waals surface area contributed by atoms with Gasteiger partial charge in [-0.25, -0.2) is 0 Å². The maximum Gasteiger partial charge on any atom is 0.307 e. The number of hydrogen-bond donors (Lipinski definition) is 2. The van der Waals surface area contributed by atoms with Crippen molar-refractivity contribution in [3.63, 3.8) is 0 Å². The van der Waals surface area contributed by atoms with Gasteiger partial charge in [0.1, 0.15) is 0 Å². The highest BCUT2D eigenvalue weighted by molar-refractivity contribution is 5.89. The molecule has 1 saturated carbocycles. The number of carbonyl (C=O) groups excluding carboxylic acids is 1. The maximum absolute atomic E-state index is 11.4. The molecule has 92 valence electrons. The fraction of sp³-hybridized carbons (Fsp3) is 0.818. The standard InChI is InChI=1S/C11H20N2O3/c1-13(2)6-4-3-5-12-10(14)8-7-9(8)11(15)16/h8-9H,3-7H2,1-2H3,(H,12,14)(H,15,16). The number of carbonyl (C=O) groups is 2. The van der Waals surface area contributed by atoms with E-state index in [0.717, 1.165) is 19.4 Å². The predicted molar refractivity (Wildman–Crippen MR) is 60.0 cm³/mol. The molecule has 2 unspecified atom stereocenters. The summed E-state index contributed by atoms with van der Waals surface area (Å²) in [6.45, 7) is 1.66. The van der Waals surface area contributed by atoms with E-state index < -0.39 is 11.9 Å². The summed E-state index contributed by atoms with van der Waals surface area (Å²) in [7, 11) is 4.03. The van der Waals surface area contributed by atoms with Gasteiger partial charge in [-0.2, -0.15) is 0 Å². The SMILES string of the molecule is CN(C)CCCCNC(=O)C1CC1C(=O)O. The molecule has 5 heteroatoms. The van der Waals surface area contributed by atoms with Crippen molar-refractivity contribution < 1.29 is 14.7 Å². The number of unbranched alkanes of at least 4 members (excludes halogenated alkanes) is 1. The van der Waals surface area contributed by atoms with Gasteiger partial charge in [-0.15, -0.1) is 0 Å². The smallest absolute Gasteiger partial charge is 0.307 e. The highest BCUT2D eigenvalue weighted by Crippen LogP contribution is 2.38. The lowest BCUT2D eigenvalue weighted by Crippen LogP contribution is -2.27. The first-order valence-corrected chi connectivity index (χ1v) is 5.67. The van der Waals surface area contributed by atoms with Crippen LogP contribution < -0.4 is 5.32 Å². The Hall–Kier alpha value is -1.10. The molecule has 0 aliphatic heterocycles. The molecule has 0 bridgehead atoms. The van der Waals surface area contributed by atoms with Crippen molar-refractivity contribution >= 4 is 11.9 Å². The molecule has 2 atom stereocenters. The van der Waals surface area contributed by atoms with Gasteiger partial charge in [-0.3, -0.25) is 9.59 Å². The van der Waals surface area contributed by atoms with E-state index in [1.807, 2.05) is 14.1 Å². The van der Waals surface area contributed by atoms with E-state index in [0.29, 0.717) is 13.0 Å². The maximum atomic E-state index is 11.4. The minimum absolute atomic E-state index is 0.0998. The van der Waals surface area contributed by atoms with Crippen molar-refractivity contribution in [2.45, 2.75) is 19.3 Å². The van der Waals surface area contributed by atoms with Crippen molar-refractivity contribution in [2.24, 2.45) is 11.8 Å². The second-order valence-corrected chi connectivity index (χ2v) is 4.59. The summed E-state index contributed by atoms with van der Waals surface area (Å²) in [6, 6.07) is 0. The van der Waals surface area contributed by atoms with Crippen LogP contribution in [0.3, 0.4) is 0 Å². The van der Waals surface area contributed by atoms with E-state index in [2.05, 4.69) is 10.2 Å². The quantitative estimate of drug-likeness (QED) is 0.609. The molecule has 1 aliphatic carbocycles. The summed E-state index contributed by atoms with van der Waals surface area (Å²) in [5.41, 5.74) is 0. The lowest BCUT2D eigenvalue weighted by molar-refractivity contribution is -0.140. The Morgan fingerprint density at radius 3 is 2.50 bits per heavy atom. The van der Waals surface area contributed by atoms with Crippen LogP contribution in [0.2, 0.25) is 0 Å². The number of carboxylic acids is 1. The Kier molecular flexibility index (Phi) is 4.73. The number of carboxylic acid groups (broad SMARTS) is 1. The van der Waals surface area contributed by atoms with Crippen molar-refractivity contribution in [3.05, 3.63) is 0 Å². The average molecular weight is 228 g/mol. The van der Waals surface area contributed by atoms with Crippen LogP contribution in [0, 0.1) is 11.8 Å². The Morgan fingerprint density at radius 2 is 2.00 bits per heavy atom. The Balaban J connectivity index is 2.02. The second kappa shape index (κ2) is 5.84. The summed E-state index contributed by atoms with van der Waals surface area (Å²) >= 11 is 0. The molecular weight excluding hydrogens is 208 g/mol. The molecule has 1 aliphatic rings. The summed E-state index contributed by atoms with van der Waals surface area (Å²) in [4.78, 5) is 24.1. The van der Waals surface area contributed by atoms with Crippen molar-refractivity contribution in [2.75, 3.05) is 27.2 Å². The van der Waals surface area contributed by atoms with Gasteiger partial charge in [0.05, 0.1) is 11.8 Å². The van der Waals surface area contributed by atoms with Gasteiger partial charge < -0.3 is 15.3 Å². The van der Waals surface area contributed by atoms with Crippen LogP contribution in [-0.4, -0.2) is 49.1 Å². The van der Waals surface area contributed by atoms with Gasteiger partial charge in [0.15, 0.2) is 0 Å². The van der Waals surface area contributed by atoms with Crippen LogP contribution in [0.1, 0.15) is 19.3 Å². The number of aliphatic carboxylic acids is 1. The zero-order valence-electron chi connectivity index (χ0n) is 9.90. The molecule has 1 rings (SSSR count). The summed E-state index contributed by atoms with van der Waals surface area (Å²) in [5, 5.41) is 11.4. The van der Waals surface area contributed by atoms with Gasteiger partial charge in [0.2, 0.25) is 5.91 Å². The third kappa shape index (κ3) is 4.18. The van der Waals surface area contributed by atoms with E-state index in [-0.39, 0.29) is 11.8 Å². The van der Waals surface area contributed by atoms with E-state index in [9.17, 15) is 9.59 Å². The van der Waals surface area contributed by atoms with Crippen LogP contribution in [-0.2, 0) is 9.59 Å². The van der Waals surface area contributed by atoms with Crippen LogP contribution in [0.4, 0.5) is 0 Å². The van der Waals surface area contributed by atoms with E-state index in [1.54, 1.807) is 0 Å². The molecule has 0 spiro atoms. The molecule has 0 saturated heterocycles. The number of hydrogen-bond acceptors (Lipinski definition) is 3. The van der Waals surface area contributed by atoms with Gasteiger partial charge >= 0.3 is 5.97 Å². The van der Waals surface area contributed by atoms with Crippen molar-refractivity contribution in [1.29, 1.82) is 0 Å². The minimum atomic E-state index is -0.854. The number of nitrogens with one attached hydrogen (secondary N) is 1. The average Bonchev–Trinajstić information content (AvgIpc) is 2.95. The zero-order valence-corrected chi connectivity index (χ0v) is 9.90. The Morgan fingerprint density at radius 1 is 1.31 bits per heavy atom. The molecule has 16 heavy (non-hydrogen) atoms. The fourth-order valence-electron chi connectivity index (χ4n) is 1.65. The van der Waals surface area contributed by atoms with Gasteiger partial charge in [0, 0.05) is 6.54 Å². The van der Waals surface area contributed by atoms with Crippen LogP contribution in [0.15, 0.2) is 0 Å². The van der Waals surface area contributed by atoms with Gasteiger partial charge in [-0.1, -0.05) is 0 Å². The Bertz CT molecular complexity index is 266. The summed E-state index contributed by atoms with van der Waals surface area (Å²) in [6.07, 6.45) is 2.48. The molecule has 5 nitrogen and oxygen atoms in total. The largest absolute Gasteiger partial charge is 0.481 e. The first-order valence-electron chi connectivity index (χ1n) is 5.67. The molecule has 2 N–H and O–H groups in total.